The van der Waals surface area contributed by atoms with E-state index in [1.807, 2.05) is 12.1 Å². The van der Waals surface area contributed by atoms with Gasteiger partial charge in [-0.2, -0.15) is 0 Å². The summed E-state index contributed by atoms with van der Waals surface area (Å²) in [6.07, 6.45) is 5.38. The van der Waals surface area contributed by atoms with Crippen LogP contribution in [0.4, 0.5) is 0 Å². The topological polar surface area (TPSA) is 22.4 Å². The fraction of sp³-hybridized carbons (Fsp3) is 0.0370. The standard InChI is InChI=1S/C54H34O2/c1-2-13-34(14-3-1)38-15-4-5-16-39(38)35-27-25-33-26-28-36(30-37(33)29-35)52-41-18-6-8-20-43(41)53(44-21-9-7-19-42(44)52)45-22-12-24-49-54(45)47-32-50-46(31-51(47)56-49)40-17-10-11-23-48(40)55-50/h1-23,25-32,49H,24H2. The normalized spacial score (nSPS) is 14.9. The fourth-order valence-electron chi connectivity index (χ4n) is 9.45. The van der Waals surface area contributed by atoms with Crippen LogP contribution in [0.1, 0.15) is 17.5 Å². The van der Waals surface area contributed by atoms with Crippen LogP contribution in [0.15, 0.2) is 192 Å². The van der Waals surface area contributed by atoms with Gasteiger partial charge in [0.1, 0.15) is 23.0 Å². The largest absolute Gasteiger partial charge is 0.485 e. The van der Waals surface area contributed by atoms with Crippen molar-refractivity contribution >= 4 is 65.4 Å². The van der Waals surface area contributed by atoms with Crippen LogP contribution >= 0.6 is 0 Å². The van der Waals surface area contributed by atoms with Gasteiger partial charge in [0.15, 0.2) is 0 Å². The first kappa shape index (κ1) is 31.2. The molecule has 1 unspecified atom stereocenters. The Morgan fingerprint density at radius 3 is 1.77 bits per heavy atom. The molecule has 9 aromatic carbocycles. The second-order valence-corrected chi connectivity index (χ2v) is 15.0. The highest BCUT2D eigenvalue weighted by atomic mass is 16.5. The zero-order chi connectivity index (χ0) is 36.7. The van der Waals surface area contributed by atoms with Crippen molar-refractivity contribution in [2.75, 3.05) is 0 Å². The highest BCUT2D eigenvalue weighted by Crippen LogP contribution is 2.51. The summed E-state index contributed by atoms with van der Waals surface area (Å²) in [5.74, 6) is 0.928. The van der Waals surface area contributed by atoms with Crippen molar-refractivity contribution in [3.63, 3.8) is 0 Å². The monoisotopic (exact) mass is 714 g/mol. The Morgan fingerprint density at radius 2 is 1.02 bits per heavy atom. The number of allylic oxidation sites excluding steroid dienone is 2. The Bertz CT molecular complexity index is 3250. The van der Waals surface area contributed by atoms with Crippen LogP contribution < -0.4 is 4.74 Å². The molecule has 1 aliphatic heterocycles. The first-order valence-corrected chi connectivity index (χ1v) is 19.4. The van der Waals surface area contributed by atoms with E-state index in [4.69, 9.17) is 9.15 Å². The third-order valence-corrected chi connectivity index (χ3v) is 11.9. The first-order chi connectivity index (χ1) is 27.8. The summed E-state index contributed by atoms with van der Waals surface area (Å²) in [6.45, 7) is 0. The van der Waals surface area contributed by atoms with Gasteiger partial charge in [0, 0.05) is 28.3 Å². The zero-order valence-corrected chi connectivity index (χ0v) is 30.5. The summed E-state index contributed by atoms with van der Waals surface area (Å²) in [4.78, 5) is 0. The van der Waals surface area contributed by atoms with Crippen LogP contribution in [0.3, 0.4) is 0 Å². The molecule has 2 nitrogen and oxygen atoms in total. The third-order valence-electron chi connectivity index (χ3n) is 11.9. The molecular formula is C54H34O2. The van der Waals surface area contributed by atoms with E-state index < -0.39 is 0 Å². The maximum absolute atomic E-state index is 6.77. The Labute approximate surface area is 324 Å². The van der Waals surface area contributed by atoms with Gasteiger partial charge in [0.2, 0.25) is 0 Å². The third kappa shape index (κ3) is 4.69. The maximum Gasteiger partial charge on any atom is 0.136 e. The van der Waals surface area contributed by atoms with Gasteiger partial charge in [-0.1, -0.05) is 158 Å². The number of benzene rings is 9. The second-order valence-electron chi connectivity index (χ2n) is 15.0. The molecule has 0 saturated carbocycles. The summed E-state index contributed by atoms with van der Waals surface area (Å²) in [5.41, 5.74) is 14.0. The Hall–Kier alpha value is -7.16. The van der Waals surface area contributed by atoms with Gasteiger partial charge >= 0.3 is 0 Å². The quantitative estimate of drug-likeness (QED) is 0.169. The number of furan rings is 1. The fourth-order valence-corrected chi connectivity index (χ4v) is 9.45. The van der Waals surface area contributed by atoms with Crippen molar-refractivity contribution in [3.8, 4) is 39.1 Å². The lowest BCUT2D eigenvalue weighted by molar-refractivity contribution is 0.279. The molecule has 1 aliphatic carbocycles. The van der Waals surface area contributed by atoms with E-state index in [9.17, 15) is 0 Å². The minimum atomic E-state index is -0.0540. The minimum Gasteiger partial charge on any atom is -0.485 e. The van der Waals surface area contributed by atoms with Gasteiger partial charge in [-0.15, -0.1) is 0 Å². The molecule has 2 heterocycles. The van der Waals surface area contributed by atoms with Crippen molar-refractivity contribution in [1.29, 1.82) is 0 Å². The number of fused-ring (bicyclic) bond motifs is 9. The Kier molecular flexibility index (Phi) is 6.79. The van der Waals surface area contributed by atoms with Gasteiger partial charge in [-0.3, -0.25) is 0 Å². The van der Waals surface area contributed by atoms with E-state index in [-0.39, 0.29) is 6.10 Å². The zero-order valence-electron chi connectivity index (χ0n) is 30.5. The molecule has 10 aromatic rings. The van der Waals surface area contributed by atoms with Gasteiger partial charge in [-0.25, -0.2) is 0 Å². The highest BCUT2D eigenvalue weighted by Gasteiger charge is 2.34. The first-order valence-electron chi connectivity index (χ1n) is 19.4. The molecule has 0 saturated heterocycles. The molecule has 2 aliphatic rings. The van der Waals surface area contributed by atoms with Crippen LogP contribution in [-0.2, 0) is 0 Å². The lowest BCUT2D eigenvalue weighted by Crippen LogP contribution is -2.14. The lowest BCUT2D eigenvalue weighted by atomic mass is 9.81. The molecule has 0 fully saturated rings. The summed E-state index contributed by atoms with van der Waals surface area (Å²) < 4.78 is 13.2. The molecule has 1 aromatic heterocycles. The van der Waals surface area contributed by atoms with Gasteiger partial charge in [0.05, 0.1) is 0 Å². The SMILES string of the molecule is C1=CC(c2c3ccccc3c(-c3ccc4ccc(-c5ccccc5-c5ccccc5)cc4c3)c3ccccc23)=C2c3cc4oc5ccccc5c4cc3OC2C1. The highest BCUT2D eigenvalue weighted by molar-refractivity contribution is 6.23. The smallest absolute Gasteiger partial charge is 0.136 e. The predicted octanol–water partition coefficient (Wildman–Crippen LogP) is 14.7. The number of para-hydroxylation sites is 1. The summed E-state index contributed by atoms with van der Waals surface area (Å²) >= 11 is 0. The molecule has 2 heteroatoms. The van der Waals surface area contributed by atoms with Gasteiger partial charge < -0.3 is 9.15 Å². The van der Waals surface area contributed by atoms with E-state index in [0.29, 0.717) is 0 Å². The van der Waals surface area contributed by atoms with Crippen LogP contribution in [0, 0.1) is 0 Å². The van der Waals surface area contributed by atoms with Crippen molar-refractivity contribution in [2.45, 2.75) is 12.5 Å². The molecule has 1 atom stereocenters. The Morgan fingerprint density at radius 1 is 0.411 bits per heavy atom. The number of hydrogen-bond acceptors (Lipinski definition) is 2. The number of hydrogen-bond donors (Lipinski definition) is 0. The lowest BCUT2D eigenvalue weighted by Gasteiger charge is -2.23. The van der Waals surface area contributed by atoms with Crippen LogP contribution in [0.25, 0.3) is 98.8 Å². The molecule has 0 bridgehead atoms. The van der Waals surface area contributed by atoms with E-state index in [1.165, 1.54) is 82.4 Å². The average molecular weight is 715 g/mol. The minimum absolute atomic E-state index is 0.0540. The molecule has 0 radical (unpaired) electrons. The molecule has 0 amide bonds. The number of ether oxygens (including phenoxy) is 1. The predicted molar refractivity (Wildman–Crippen MR) is 234 cm³/mol. The van der Waals surface area contributed by atoms with Crippen molar-refractivity contribution in [1.82, 2.24) is 0 Å². The van der Waals surface area contributed by atoms with Crippen molar-refractivity contribution < 1.29 is 9.15 Å². The molecule has 0 N–H and O–H groups in total. The van der Waals surface area contributed by atoms with Crippen molar-refractivity contribution in [3.05, 3.63) is 199 Å². The van der Waals surface area contributed by atoms with Crippen molar-refractivity contribution in [2.24, 2.45) is 0 Å². The van der Waals surface area contributed by atoms with E-state index >= 15 is 0 Å². The van der Waals surface area contributed by atoms with Crippen LogP contribution in [0.5, 0.6) is 5.75 Å². The van der Waals surface area contributed by atoms with E-state index in [1.54, 1.807) is 0 Å². The molecule has 12 rings (SSSR count). The average Bonchev–Trinajstić information content (AvgIpc) is 3.82. The second kappa shape index (κ2) is 12.2. The maximum atomic E-state index is 6.77. The van der Waals surface area contributed by atoms with Gasteiger partial charge in [0.25, 0.3) is 0 Å². The molecular weight excluding hydrogens is 681 g/mol. The summed E-state index contributed by atoms with van der Waals surface area (Å²) in [6, 6.07) is 63.8. The molecule has 262 valence electrons. The van der Waals surface area contributed by atoms with E-state index in [2.05, 4.69) is 176 Å². The van der Waals surface area contributed by atoms with Crippen LogP contribution in [0.2, 0.25) is 0 Å². The van der Waals surface area contributed by atoms with E-state index in [0.717, 1.165) is 39.7 Å². The molecule has 0 spiro atoms. The van der Waals surface area contributed by atoms with Gasteiger partial charge in [-0.05, 0) is 107 Å². The molecule has 56 heavy (non-hydrogen) atoms. The van der Waals surface area contributed by atoms with Crippen LogP contribution in [-0.4, -0.2) is 6.10 Å². The summed E-state index contributed by atoms with van der Waals surface area (Å²) in [5, 5.41) is 9.60. The summed E-state index contributed by atoms with van der Waals surface area (Å²) in [7, 11) is 0. The Balaban J connectivity index is 1.07. The number of rotatable bonds is 4.